The van der Waals surface area contributed by atoms with Crippen LogP contribution in [0.1, 0.15) is 5.56 Å². The number of anilines is 2. The van der Waals surface area contributed by atoms with E-state index in [1.54, 1.807) is 30.7 Å². The maximum Gasteiger partial charge on any atom is 0.153 e. The number of aryl methyl sites for hydroxylation is 1. The van der Waals surface area contributed by atoms with E-state index in [2.05, 4.69) is 20.5 Å². The van der Waals surface area contributed by atoms with Crippen molar-refractivity contribution >= 4 is 32.4 Å². The maximum atomic E-state index is 14.0. The number of rotatable bonds is 7. The summed E-state index contributed by atoms with van der Waals surface area (Å²) in [5, 5.41) is 12.2. The van der Waals surface area contributed by atoms with Gasteiger partial charge in [-0.3, -0.25) is 9.36 Å². The van der Waals surface area contributed by atoms with Gasteiger partial charge in [-0.25, -0.2) is 22.2 Å². The van der Waals surface area contributed by atoms with E-state index in [1.807, 2.05) is 0 Å². The number of nitrogens with one attached hydrogen (secondary N) is 1. The number of hydrogen-bond donors (Lipinski definition) is 1. The molecule has 0 aliphatic rings. The maximum absolute atomic E-state index is 14.0. The highest BCUT2D eigenvalue weighted by atomic mass is 32.2. The Bertz CT molecular complexity index is 1300. The summed E-state index contributed by atoms with van der Waals surface area (Å²) in [5.41, 5.74) is 0.574. The summed E-state index contributed by atoms with van der Waals surface area (Å²) in [6.07, 6.45) is 6.01. The molecule has 4 aromatic rings. The highest BCUT2D eigenvalue weighted by molar-refractivity contribution is 7.90. The van der Waals surface area contributed by atoms with Gasteiger partial charge in [0.2, 0.25) is 0 Å². The molecule has 30 heavy (non-hydrogen) atoms. The lowest BCUT2D eigenvalue weighted by atomic mass is 10.2. The van der Waals surface area contributed by atoms with Crippen molar-refractivity contribution in [1.29, 1.82) is 0 Å². The third-order valence-electron chi connectivity index (χ3n) is 4.48. The van der Waals surface area contributed by atoms with Gasteiger partial charge in [0.25, 0.3) is 0 Å². The predicted molar refractivity (Wildman–Crippen MR) is 108 cm³/mol. The van der Waals surface area contributed by atoms with Crippen molar-refractivity contribution in [2.24, 2.45) is 0 Å². The van der Waals surface area contributed by atoms with E-state index in [9.17, 15) is 17.2 Å². The molecule has 1 aromatic carbocycles. The fraction of sp³-hybridized carbons (Fsp3) is 0.211. The van der Waals surface area contributed by atoms with Crippen molar-refractivity contribution in [3.8, 4) is 0 Å². The summed E-state index contributed by atoms with van der Waals surface area (Å²) in [6.45, 7) is 0.180. The highest BCUT2D eigenvalue weighted by Gasteiger charge is 2.13. The Balaban J connectivity index is 1.55. The third kappa shape index (κ3) is 4.46. The molecule has 8 nitrogen and oxygen atoms in total. The Labute approximate surface area is 171 Å². The van der Waals surface area contributed by atoms with Crippen molar-refractivity contribution < 1.29 is 17.2 Å². The molecule has 0 bridgehead atoms. The average Bonchev–Trinajstić information content (AvgIpc) is 3.29. The topological polar surface area (TPSA) is 94.7 Å². The van der Waals surface area contributed by atoms with E-state index in [-0.39, 0.29) is 24.4 Å². The van der Waals surface area contributed by atoms with Crippen LogP contribution in [0.2, 0.25) is 0 Å². The fourth-order valence-electron chi connectivity index (χ4n) is 2.94. The standard InChI is InChI=1S/C19H18F2N6O2S/c1-30(28,29)8-7-26-6-5-18(25-26)24-19-9-17-13(10-22-19)11-23-27(17)12-14-15(20)3-2-4-16(14)21/h2-6,9-11H,7-8,12H2,1H3,(H,22,24,25). The Morgan fingerprint density at radius 1 is 1.10 bits per heavy atom. The molecular weight excluding hydrogens is 414 g/mol. The molecular formula is C19H18F2N6O2S. The normalized spacial score (nSPS) is 11.8. The molecule has 1 N–H and O–H groups in total. The Morgan fingerprint density at radius 3 is 2.60 bits per heavy atom. The lowest BCUT2D eigenvalue weighted by molar-refractivity contribution is 0.537. The fourth-order valence-corrected chi connectivity index (χ4v) is 3.46. The van der Waals surface area contributed by atoms with E-state index >= 15 is 0 Å². The Morgan fingerprint density at radius 2 is 1.87 bits per heavy atom. The van der Waals surface area contributed by atoms with Crippen LogP contribution < -0.4 is 5.32 Å². The van der Waals surface area contributed by atoms with E-state index in [1.165, 1.54) is 33.8 Å². The van der Waals surface area contributed by atoms with E-state index in [4.69, 9.17) is 0 Å². The number of fused-ring (bicyclic) bond motifs is 1. The molecule has 0 saturated heterocycles. The van der Waals surface area contributed by atoms with Gasteiger partial charge in [0, 0.05) is 41.7 Å². The smallest absolute Gasteiger partial charge is 0.153 e. The highest BCUT2D eigenvalue weighted by Crippen LogP contribution is 2.21. The van der Waals surface area contributed by atoms with Gasteiger partial charge in [0.1, 0.15) is 27.3 Å². The lowest BCUT2D eigenvalue weighted by Crippen LogP contribution is -2.11. The molecule has 0 saturated carbocycles. The van der Waals surface area contributed by atoms with Gasteiger partial charge in [-0.05, 0) is 12.1 Å². The van der Waals surface area contributed by atoms with Gasteiger partial charge in [-0.2, -0.15) is 10.2 Å². The second-order valence-electron chi connectivity index (χ2n) is 6.85. The summed E-state index contributed by atoms with van der Waals surface area (Å²) in [5.74, 6) is -0.325. The number of aromatic nitrogens is 5. The zero-order valence-electron chi connectivity index (χ0n) is 16.0. The number of pyridine rings is 1. The number of hydrogen-bond acceptors (Lipinski definition) is 6. The van der Waals surface area contributed by atoms with Gasteiger partial charge in [-0.15, -0.1) is 0 Å². The summed E-state index contributed by atoms with van der Waals surface area (Å²) in [6, 6.07) is 7.13. The van der Waals surface area contributed by atoms with E-state index < -0.39 is 21.5 Å². The Kier molecular flexibility index (Phi) is 5.20. The van der Waals surface area contributed by atoms with Crippen LogP contribution in [0.4, 0.5) is 20.4 Å². The monoisotopic (exact) mass is 432 g/mol. The summed E-state index contributed by atoms with van der Waals surface area (Å²) < 4.78 is 53.6. The minimum atomic E-state index is -3.08. The van der Waals surface area contributed by atoms with Crippen LogP contribution in [0, 0.1) is 11.6 Å². The van der Waals surface area contributed by atoms with Crippen LogP contribution in [0.5, 0.6) is 0 Å². The first-order valence-electron chi connectivity index (χ1n) is 9.01. The van der Waals surface area contributed by atoms with Gasteiger partial charge in [0.05, 0.1) is 30.6 Å². The number of nitrogens with zero attached hydrogens (tertiary/aromatic N) is 5. The minimum Gasteiger partial charge on any atom is -0.323 e. The summed E-state index contributed by atoms with van der Waals surface area (Å²) in [4.78, 5) is 4.29. The number of sulfone groups is 1. The molecule has 0 spiro atoms. The predicted octanol–water partition coefficient (Wildman–Crippen LogP) is 2.74. The van der Waals surface area contributed by atoms with Crippen molar-refractivity contribution in [2.75, 3.05) is 17.3 Å². The second-order valence-corrected chi connectivity index (χ2v) is 9.11. The molecule has 0 aliphatic carbocycles. The molecule has 0 aliphatic heterocycles. The van der Waals surface area contributed by atoms with Gasteiger partial charge >= 0.3 is 0 Å². The lowest BCUT2D eigenvalue weighted by Gasteiger charge is -2.08. The van der Waals surface area contributed by atoms with Crippen LogP contribution in [0.25, 0.3) is 10.9 Å². The zero-order valence-corrected chi connectivity index (χ0v) is 16.8. The SMILES string of the molecule is CS(=O)(=O)CCn1ccc(Nc2cc3c(cn2)cnn3Cc2c(F)cccc2F)n1. The zero-order chi connectivity index (χ0) is 21.3. The average molecular weight is 432 g/mol. The molecule has 3 aromatic heterocycles. The second kappa shape index (κ2) is 7.82. The van der Waals surface area contributed by atoms with Crippen molar-refractivity contribution in [3.63, 3.8) is 0 Å². The first kappa shape index (κ1) is 20.0. The minimum absolute atomic E-state index is 0.00980. The first-order chi connectivity index (χ1) is 14.3. The molecule has 4 rings (SSSR count). The van der Waals surface area contributed by atoms with Crippen LogP contribution in [0.3, 0.4) is 0 Å². The molecule has 0 fully saturated rings. The Hall–Kier alpha value is -3.34. The molecule has 11 heteroatoms. The van der Waals surface area contributed by atoms with Crippen molar-refractivity contribution in [2.45, 2.75) is 13.1 Å². The largest absolute Gasteiger partial charge is 0.323 e. The van der Waals surface area contributed by atoms with Crippen molar-refractivity contribution in [3.05, 3.63) is 66.1 Å². The van der Waals surface area contributed by atoms with Crippen LogP contribution in [0.15, 0.2) is 48.9 Å². The first-order valence-corrected chi connectivity index (χ1v) is 11.1. The van der Waals surface area contributed by atoms with Gasteiger partial charge < -0.3 is 5.32 Å². The van der Waals surface area contributed by atoms with Crippen LogP contribution in [-0.4, -0.2) is 45.0 Å². The third-order valence-corrected chi connectivity index (χ3v) is 5.41. The van der Waals surface area contributed by atoms with Gasteiger partial charge in [-0.1, -0.05) is 6.07 Å². The number of benzene rings is 1. The van der Waals surface area contributed by atoms with Crippen LogP contribution in [-0.2, 0) is 22.9 Å². The van der Waals surface area contributed by atoms with Gasteiger partial charge in [0.15, 0.2) is 5.82 Å². The van der Waals surface area contributed by atoms with E-state index in [0.717, 1.165) is 5.39 Å². The molecule has 0 atom stereocenters. The quantitative estimate of drug-likeness (QED) is 0.483. The van der Waals surface area contributed by atoms with E-state index in [0.29, 0.717) is 17.2 Å². The molecule has 156 valence electrons. The van der Waals surface area contributed by atoms with Crippen molar-refractivity contribution in [1.82, 2.24) is 24.5 Å². The summed E-state index contributed by atoms with van der Waals surface area (Å²) >= 11 is 0. The molecule has 3 heterocycles. The molecule has 0 radical (unpaired) electrons. The molecule has 0 amide bonds. The number of halogens is 2. The van der Waals surface area contributed by atoms with Crippen LogP contribution >= 0.6 is 0 Å². The molecule has 0 unspecified atom stereocenters. The summed E-state index contributed by atoms with van der Waals surface area (Å²) in [7, 11) is -3.08.